The number of esters is 1. The number of alkyl carbamates (subject to hydrolysis) is 1. The van der Waals surface area contributed by atoms with Crippen LogP contribution in [0.2, 0.25) is 0 Å². The van der Waals surface area contributed by atoms with Crippen molar-refractivity contribution in [3.05, 3.63) is 35.9 Å². The van der Waals surface area contributed by atoms with E-state index in [1.54, 1.807) is 6.92 Å². The third-order valence-electron chi connectivity index (χ3n) is 3.69. The molecule has 1 N–H and O–H groups in total. The molecule has 0 saturated heterocycles. The number of rotatable bonds is 12. The van der Waals surface area contributed by atoms with Crippen molar-refractivity contribution in [3.63, 3.8) is 0 Å². The molecule has 1 rings (SSSR count). The molecule has 0 fully saturated rings. The molecule has 1 aromatic rings. The van der Waals surface area contributed by atoms with Crippen LogP contribution >= 0.6 is 11.8 Å². The standard InChI is InChI=1S/C20H27NO6S/c1-3-26-19(24)18(12-11-17(23)10-7-13-28-15(2)22)21-20(25)27-14-16-8-5-4-6-9-16/h4-6,8-9,18H,3,7,10-14H2,1-2H3,(H,21,25). The van der Waals surface area contributed by atoms with E-state index >= 15 is 0 Å². The van der Waals surface area contributed by atoms with Crippen LogP contribution in [0.3, 0.4) is 0 Å². The lowest BCUT2D eigenvalue weighted by Gasteiger charge is -2.17. The van der Waals surface area contributed by atoms with E-state index in [4.69, 9.17) is 9.47 Å². The minimum absolute atomic E-state index is 0.0213. The number of carbonyl (C=O) groups excluding carboxylic acids is 4. The predicted octanol–water partition coefficient (Wildman–Crippen LogP) is 3.25. The Bertz CT molecular complexity index is 649. The van der Waals surface area contributed by atoms with E-state index in [0.29, 0.717) is 18.6 Å². The van der Waals surface area contributed by atoms with Gasteiger partial charge in [-0.15, -0.1) is 0 Å². The highest BCUT2D eigenvalue weighted by Gasteiger charge is 2.23. The first-order valence-electron chi connectivity index (χ1n) is 9.21. The summed E-state index contributed by atoms with van der Waals surface area (Å²) in [6.07, 6.45) is 0.450. The van der Waals surface area contributed by atoms with E-state index < -0.39 is 18.1 Å². The summed E-state index contributed by atoms with van der Waals surface area (Å²) in [5.74, 6) is -0.0381. The molecular weight excluding hydrogens is 382 g/mol. The third-order valence-corrected chi connectivity index (χ3v) is 4.59. The monoisotopic (exact) mass is 409 g/mol. The Morgan fingerprint density at radius 2 is 1.79 bits per heavy atom. The average molecular weight is 410 g/mol. The highest BCUT2D eigenvalue weighted by Crippen LogP contribution is 2.09. The summed E-state index contributed by atoms with van der Waals surface area (Å²) in [6.45, 7) is 3.40. The molecule has 154 valence electrons. The fraction of sp³-hybridized carbons (Fsp3) is 0.500. The normalized spacial score (nSPS) is 11.4. The molecule has 1 aromatic carbocycles. The van der Waals surface area contributed by atoms with Gasteiger partial charge in [-0.3, -0.25) is 9.59 Å². The molecule has 1 unspecified atom stereocenters. The van der Waals surface area contributed by atoms with Gasteiger partial charge in [-0.25, -0.2) is 9.59 Å². The Morgan fingerprint density at radius 1 is 1.07 bits per heavy atom. The lowest BCUT2D eigenvalue weighted by Crippen LogP contribution is -2.42. The van der Waals surface area contributed by atoms with Gasteiger partial charge in [0.2, 0.25) is 0 Å². The van der Waals surface area contributed by atoms with Crippen molar-refractivity contribution in [1.29, 1.82) is 0 Å². The molecule has 0 saturated carbocycles. The lowest BCUT2D eigenvalue weighted by atomic mass is 10.1. The number of ether oxygens (including phenoxy) is 2. The molecule has 0 heterocycles. The lowest BCUT2D eigenvalue weighted by molar-refractivity contribution is -0.145. The van der Waals surface area contributed by atoms with Gasteiger partial charge in [0.05, 0.1) is 6.61 Å². The van der Waals surface area contributed by atoms with Crippen molar-refractivity contribution in [1.82, 2.24) is 5.32 Å². The van der Waals surface area contributed by atoms with Crippen molar-refractivity contribution in [3.8, 4) is 0 Å². The van der Waals surface area contributed by atoms with Crippen LogP contribution in [0.5, 0.6) is 0 Å². The Labute approximate surface area is 169 Å². The van der Waals surface area contributed by atoms with Crippen LogP contribution in [0.4, 0.5) is 4.79 Å². The molecule has 0 radical (unpaired) electrons. The number of thioether (sulfide) groups is 1. The molecule has 7 nitrogen and oxygen atoms in total. The van der Waals surface area contributed by atoms with Gasteiger partial charge in [0, 0.05) is 25.5 Å². The summed E-state index contributed by atoms with van der Waals surface area (Å²) < 4.78 is 10.1. The zero-order chi connectivity index (χ0) is 20.8. The molecule has 1 atom stereocenters. The van der Waals surface area contributed by atoms with Gasteiger partial charge in [0.1, 0.15) is 18.4 Å². The van der Waals surface area contributed by atoms with E-state index in [1.165, 1.54) is 18.7 Å². The number of carbonyl (C=O) groups is 4. The van der Waals surface area contributed by atoms with Crippen LogP contribution in [-0.2, 0) is 30.5 Å². The number of ketones is 1. The Balaban J connectivity index is 2.44. The second kappa shape index (κ2) is 13.8. The smallest absolute Gasteiger partial charge is 0.408 e. The first-order chi connectivity index (χ1) is 13.4. The molecule has 0 aliphatic rings. The second-order valence-corrected chi connectivity index (χ2v) is 7.30. The summed E-state index contributed by atoms with van der Waals surface area (Å²) in [5.41, 5.74) is 0.823. The topological polar surface area (TPSA) is 98.8 Å². The van der Waals surface area contributed by atoms with Gasteiger partial charge in [-0.1, -0.05) is 42.1 Å². The Morgan fingerprint density at radius 3 is 2.43 bits per heavy atom. The van der Waals surface area contributed by atoms with Crippen LogP contribution in [0.25, 0.3) is 0 Å². The van der Waals surface area contributed by atoms with Gasteiger partial charge in [-0.05, 0) is 25.3 Å². The first kappa shape index (κ1) is 23.7. The zero-order valence-corrected chi connectivity index (χ0v) is 17.1. The van der Waals surface area contributed by atoms with Crippen LogP contribution in [-0.4, -0.2) is 41.4 Å². The summed E-state index contributed by atoms with van der Waals surface area (Å²) in [4.78, 5) is 46.9. The summed E-state index contributed by atoms with van der Waals surface area (Å²) in [5, 5.41) is 2.49. The quantitative estimate of drug-likeness (QED) is 0.418. The summed E-state index contributed by atoms with van der Waals surface area (Å²) in [7, 11) is 0. The molecule has 28 heavy (non-hydrogen) atoms. The van der Waals surface area contributed by atoms with E-state index in [1.807, 2.05) is 30.3 Å². The van der Waals surface area contributed by atoms with E-state index in [-0.39, 0.29) is 37.0 Å². The van der Waals surface area contributed by atoms with Crippen molar-refractivity contribution in [2.45, 2.75) is 52.2 Å². The number of benzene rings is 1. The highest BCUT2D eigenvalue weighted by molar-refractivity contribution is 8.13. The molecule has 1 amide bonds. The molecule has 0 aromatic heterocycles. The maximum Gasteiger partial charge on any atom is 0.408 e. The van der Waals surface area contributed by atoms with Crippen LogP contribution in [0, 0.1) is 0 Å². The van der Waals surface area contributed by atoms with E-state index in [0.717, 1.165) is 5.56 Å². The number of hydrogen-bond donors (Lipinski definition) is 1. The van der Waals surface area contributed by atoms with Crippen molar-refractivity contribution in [2.75, 3.05) is 12.4 Å². The minimum atomic E-state index is -0.946. The van der Waals surface area contributed by atoms with E-state index in [2.05, 4.69) is 5.32 Å². The Kier molecular flexibility index (Phi) is 11.6. The molecule has 0 aliphatic carbocycles. The molecule has 0 bridgehead atoms. The summed E-state index contributed by atoms with van der Waals surface area (Å²) >= 11 is 1.18. The molecular formula is C20H27NO6S. The second-order valence-electron chi connectivity index (χ2n) is 6.03. The van der Waals surface area contributed by atoms with E-state index in [9.17, 15) is 19.2 Å². The van der Waals surface area contributed by atoms with Crippen molar-refractivity contribution in [2.24, 2.45) is 0 Å². The summed E-state index contributed by atoms with van der Waals surface area (Å²) in [6, 6.07) is 8.21. The average Bonchev–Trinajstić information content (AvgIpc) is 2.67. The third kappa shape index (κ3) is 10.7. The zero-order valence-electron chi connectivity index (χ0n) is 16.3. The van der Waals surface area contributed by atoms with Crippen molar-refractivity contribution < 1.29 is 28.7 Å². The molecule has 8 heteroatoms. The SMILES string of the molecule is CCOC(=O)C(CCC(=O)CCCSC(C)=O)NC(=O)OCc1ccccc1. The number of hydrogen-bond acceptors (Lipinski definition) is 7. The van der Waals surface area contributed by atoms with Crippen LogP contribution in [0.15, 0.2) is 30.3 Å². The maximum atomic E-state index is 12.1. The van der Waals surface area contributed by atoms with Crippen LogP contribution in [0.1, 0.15) is 45.1 Å². The largest absolute Gasteiger partial charge is 0.464 e. The minimum Gasteiger partial charge on any atom is -0.464 e. The van der Waals surface area contributed by atoms with Gasteiger partial charge >= 0.3 is 12.1 Å². The molecule has 0 spiro atoms. The fourth-order valence-corrected chi connectivity index (χ4v) is 2.89. The maximum absolute atomic E-state index is 12.1. The number of amides is 1. The highest BCUT2D eigenvalue weighted by atomic mass is 32.2. The Hall–Kier alpha value is -2.35. The van der Waals surface area contributed by atoms with Gasteiger partial charge < -0.3 is 14.8 Å². The van der Waals surface area contributed by atoms with Crippen LogP contribution < -0.4 is 5.32 Å². The predicted molar refractivity (Wildman–Crippen MR) is 107 cm³/mol. The molecule has 0 aliphatic heterocycles. The van der Waals surface area contributed by atoms with Gasteiger partial charge in [-0.2, -0.15) is 0 Å². The number of nitrogens with one attached hydrogen (secondary N) is 1. The van der Waals surface area contributed by atoms with Gasteiger partial charge in [0.25, 0.3) is 0 Å². The van der Waals surface area contributed by atoms with Crippen molar-refractivity contribution >= 4 is 34.7 Å². The fourth-order valence-electron chi connectivity index (χ4n) is 2.31. The number of Topliss-reactive ketones (excluding diaryl/α,β-unsaturated/α-hetero) is 1. The first-order valence-corrected chi connectivity index (χ1v) is 10.2. The van der Waals surface area contributed by atoms with Gasteiger partial charge in [0.15, 0.2) is 5.12 Å².